The maximum atomic E-state index is 11.7. The Morgan fingerprint density at radius 2 is 2.05 bits per heavy atom. The van der Waals surface area contributed by atoms with E-state index >= 15 is 0 Å². The van der Waals surface area contributed by atoms with Crippen LogP contribution >= 0.6 is 11.8 Å². The first kappa shape index (κ1) is 14.2. The van der Waals surface area contributed by atoms with Crippen molar-refractivity contribution >= 4 is 34.9 Å². The maximum Gasteiger partial charge on any atom is 0.379 e. The summed E-state index contributed by atoms with van der Waals surface area (Å²) in [4.78, 5) is 27.3. The molecule has 7 heteroatoms. The number of amides is 1. The minimum atomic E-state index is -0.571. The Labute approximate surface area is 129 Å². The van der Waals surface area contributed by atoms with E-state index in [2.05, 4.69) is 4.99 Å². The Kier molecular flexibility index (Phi) is 3.80. The van der Waals surface area contributed by atoms with Gasteiger partial charge < -0.3 is 14.9 Å². The fraction of sp³-hybridized carbons (Fsp3) is 0. The molecule has 2 N–H and O–H groups in total. The number of furan rings is 1. The minimum absolute atomic E-state index is 0.131. The molecule has 2 heterocycles. The molecule has 0 saturated heterocycles. The van der Waals surface area contributed by atoms with E-state index in [0.717, 1.165) is 17.3 Å². The topological polar surface area (TPSA) is 94.9 Å². The van der Waals surface area contributed by atoms with Gasteiger partial charge in [-0.15, -0.1) is 0 Å². The molecule has 1 aliphatic rings. The van der Waals surface area contributed by atoms with E-state index in [4.69, 9.17) is 14.9 Å². The van der Waals surface area contributed by atoms with Gasteiger partial charge in [-0.1, -0.05) is 12.1 Å². The number of esters is 1. The fourth-order valence-corrected chi connectivity index (χ4v) is 2.44. The van der Waals surface area contributed by atoms with Crippen molar-refractivity contribution in [2.75, 3.05) is 0 Å². The van der Waals surface area contributed by atoms with Crippen molar-refractivity contribution in [2.24, 2.45) is 10.7 Å². The van der Waals surface area contributed by atoms with Crippen LogP contribution in [0.1, 0.15) is 16.1 Å². The highest BCUT2D eigenvalue weighted by Gasteiger charge is 2.19. The molecule has 0 unspecified atom stereocenters. The summed E-state index contributed by atoms with van der Waals surface area (Å²) in [7, 11) is 0. The molecule has 110 valence electrons. The lowest BCUT2D eigenvalue weighted by molar-refractivity contribution is -0.113. The number of ether oxygens (including phenoxy) is 1. The molecule has 0 fully saturated rings. The summed E-state index contributed by atoms with van der Waals surface area (Å²) in [6.45, 7) is 0. The van der Waals surface area contributed by atoms with Crippen LogP contribution in [0.4, 0.5) is 0 Å². The number of rotatable bonds is 3. The van der Waals surface area contributed by atoms with Crippen molar-refractivity contribution in [1.82, 2.24) is 0 Å². The predicted octanol–water partition coefficient (Wildman–Crippen LogP) is 2.43. The van der Waals surface area contributed by atoms with E-state index in [1.165, 1.54) is 12.3 Å². The summed E-state index contributed by atoms with van der Waals surface area (Å²) in [6, 6.07) is 9.83. The average Bonchev–Trinajstić information content (AvgIpc) is 3.12. The van der Waals surface area contributed by atoms with Crippen LogP contribution < -0.4 is 10.5 Å². The van der Waals surface area contributed by atoms with E-state index in [-0.39, 0.29) is 16.8 Å². The lowest BCUT2D eigenvalue weighted by Crippen LogP contribution is -2.06. The van der Waals surface area contributed by atoms with Crippen LogP contribution in [0, 0.1) is 0 Å². The molecule has 6 nitrogen and oxygen atoms in total. The van der Waals surface area contributed by atoms with Crippen LogP contribution in [0.3, 0.4) is 0 Å². The Balaban J connectivity index is 1.70. The van der Waals surface area contributed by atoms with Crippen LogP contribution in [-0.2, 0) is 4.79 Å². The van der Waals surface area contributed by atoms with E-state index in [1.54, 1.807) is 36.4 Å². The third-order valence-electron chi connectivity index (χ3n) is 2.75. The van der Waals surface area contributed by atoms with Crippen molar-refractivity contribution in [3.8, 4) is 5.75 Å². The monoisotopic (exact) mass is 314 g/mol. The number of hydrogen-bond acceptors (Lipinski definition) is 6. The fourth-order valence-electron chi connectivity index (χ4n) is 1.76. The Bertz CT molecular complexity index is 776. The highest BCUT2D eigenvalue weighted by atomic mass is 32.2. The van der Waals surface area contributed by atoms with E-state index in [9.17, 15) is 9.59 Å². The zero-order valence-corrected chi connectivity index (χ0v) is 12.0. The Hall–Kier alpha value is -2.80. The smallest absolute Gasteiger partial charge is 0.379 e. The third-order valence-corrected chi connectivity index (χ3v) is 3.56. The highest BCUT2D eigenvalue weighted by molar-refractivity contribution is 8.18. The number of nitrogens with zero attached hydrogens (tertiary/aromatic N) is 1. The van der Waals surface area contributed by atoms with Crippen LogP contribution in [0.5, 0.6) is 5.75 Å². The predicted molar refractivity (Wildman–Crippen MR) is 82.3 cm³/mol. The van der Waals surface area contributed by atoms with Gasteiger partial charge in [-0.2, -0.15) is 4.99 Å². The summed E-state index contributed by atoms with van der Waals surface area (Å²) < 4.78 is 10.1. The second kappa shape index (κ2) is 5.90. The van der Waals surface area contributed by atoms with Gasteiger partial charge in [0.2, 0.25) is 5.76 Å². The van der Waals surface area contributed by atoms with E-state index in [0.29, 0.717) is 10.7 Å². The Morgan fingerprint density at radius 1 is 1.27 bits per heavy atom. The molecule has 2 aromatic rings. The zero-order valence-electron chi connectivity index (χ0n) is 11.2. The zero-order chi connectivity index (χ0) is 15.5. The van der Waals surface area contributed by atoms with Gasteiger partial charge >= 0.3 is 5.97 Å². The first-order valence-corrected chi connectivity index (χ1v) is 7.07. The third kappa shape index (κ3) is 3.09. The first-order chi connectivity index (χ1) is 10.6. The lowest BCUT2D eigenvalue weighted by Gasteiger charge is -2.02. The van der Waals surface area contributed by atoms with Gasteiger partial charge in [-0.3, -0.25) is 4.79 Å². The van der Waals surface area contributed by atoms with Gasteiger partial charge in [0.05, 0.1) is 11.2 Å². The summed E-state index contributed by atoms with van der Waals surface area (Å²) in [5, 5.41) is 0.236. The number of benzene rings is 1. The second-order valence-corrected chi connectivity index (χ2v) is 5.36. The summed E-state index contributed by atoms with van der Waals surface area (Å²) in [5.74, 6) is -0.411. The summed E-state index contributed by atoms with van der Waals surface area (Å²) in [6.07, 6.45) is 3.07. The van der Waals surface area contributed by atoms with Gasteiger partial charge in [0.1, 0.15) is 5.75 Å². The van der Waals surface area contributed by atoms with Crippen molar-refractivity contribution in [1.29, 1.82) is 0 Å². The average molecular weight is 314 g/mol. The van der Waals surface area contributed by atoms with Crippen molar-refractivity contribution in [3.63, 3.8) is 0 Å². The molecule has 1 amide bonds. The van der Waals surface area contributed by atoms with Crippen LogP contribution in [0.15, 0.2) is 57.0 Å². The quantitative estimate of drug-likeness (QED) is 0.531. The molecule has 0 bridgehead atoms. The normalized spacial score (nSPS) is 15.9. The molecule has 0 radical (unpaired) electrons. The number of aliphatic imine (C=N–C) groups is 1. The molecule has 1 aliphatic heterocycles. The lowest BCUT2D eigenvalue weighted by atomic mass is 10.2. The molecular weight excluding hydrogens is 304 g/mol. The van der Waals surface area contributed by atoms with Crippen LogP contribution in [-0.4, -0.2) is 17.0 Å². The molecule has 3 rings (SSSR count). The molecule has 0 atom stereocenters. The molecule has 0 saturated carbocycles. The van der Waals surface area contributed by atoms with Gasteiger partial charge in [0.15, 0.2) is 5.17 Å². The van der Waals surface area contributed by atoms with E-state index in [1.807, 2.05) is 0 Å². The number of hydrogen-bond donors (Lipinski definition) is 1. The van der Waals surface area contributed by atoms with Gasteiger partial charge in [0.25, 0.3) is 5.91 Å². The number of carbonyl (C=O) groups excluding carboxylic acids is 2. The SMILES string of the molecule is NC1=NC(=O)C(=Cc2ccc(OC(=O)c3ccco3)cc2)S1. The second-order valence-electron chi connectivity index (χ2n) is 4.30. The largest absolute Gasteiger partial charge is 0.457 e. The van der Waals surface area contributed by atoms with E-state index < -0.39 is 5.97 Å². The molecule has 0 aliphatic carbocycles. The van der Waals surface area contributed by atoms with Crippen molar-refractivity contribution in [2.45, 2.75) is 0 Å². The van der Waals surface area contributed by atoms with Gasteiger partial charge in [-0.05, 0) is 47.7 Å². The summed E-state index contributed by atoms with van der Waals surface area (Å²) in [5.41, 5.74) is 6.26. The van der Waals surface area contributed by atoms with Crippen LogP contribution in [0.25, 0.3) is 6.08 Å². The van der Waals surface area contributed by atoms with Crippen molar-refractivity contribution in [3.05, 3.63) is 58.9 Å². The standard InChI is InChI=1S/C15H10N2O4S/c16-15-17-13(18)12(22-15)8-9-3-5-10(6-4-9)21-14(19)11-2-1-7-20-11/h1-8H,(H2,16,17,18). The Morgan fingerprint density at radius 3 is 2.64 bits per heavy atom. The molecule has 22 heavy (non-hydrogen) atoms. The van der Waals surface area contributed by atoms with Crippen LogP contribution in [0.2, 0.25) is 0 Å². The maximum absolute atomic E-state index is 11.7. The minimum Gasteiger partial charge on any atom is -0.457 e. The molecule has 1 aromatic carbocycles. The summed E-state index contributed by atoms with van der Waals surface area (Å²) >= 11 is 1.12. The molecular formula is C15H10N2O4S. The number of nitrogens with two attached hydrogens (primary N) is 1. The molecule has 1 aromatic heterocycles. The number of carbonyl (C=O) groups is 2. The van der Waals surface area contributed by atoms with Gasteiger partial charge in [-0.25, -0.2) is 4.79 Å². The first-order valence-electron chi connectivity index (χ1n) is 6.25. The highest BCUT2D eigenvalue weighted by Crippen LogP contribution is 2.26. The molecule has 0 spiro atoms. The van der Waals surface area contributed by atoms with Gasteiger partial charge in [0, 0.05) is 0 Å². The number of thioether (sulfide) groups is 1. The van der Waals surface area contributed by atoms with Crippen molar-refractivity contribution < 1.29 is 18.7 Å². The number of amidine groups is 1.